The van der Waals surface area contributed by atoms with Gasteiger partial charge in [-0.05, 0) is 42.2 Å². The maximum Gasteiger partial charge on any atom is 0.374 e. The highest BCUT2D eigenvalue weighted by molar-refractivity contribution is 5.95. The fourth-order valence-electron chi connectivity index (χ4n) is 2.82. The van der Waals surface area contributed by atoms with E-state index in [4.69, 9.17) is 9.15 Å². The Hall–Kier alpha value is -3.41. The topological polar surface area (TPSA) is 85.6 Å². The van der Waals surface area contributed by atoms with Crippen molar-refractivity contribution >= 4 is 28.5 Å². The lowest BCUT2D eigenvalue weighted by molar-refractivity contribution is -0.119. The summed E-state index contributed by atoms with van der Waals surface area (Å²) in [5.74, 6) is -1.60. The first-order valence-corrected chi connectivity index (χ1v) is 9.25. The van der Waals surface area contributed by atoms with Gasteiger partial charge in [0.2, 0.25) is 5.76 Å². The van der Waals surface area contributed by atoms with Crippen LogP contribution in [0, 0.1) is 6.92 Å². The Labute approximate surface area is 168 Å². The number of anilines is 1. The number of hydrogen-bond acceptors (Lipinski definition) is 5. The second-order valence-electron chi connectivity index (χ2n) is 7.93. The van der Waals surface area contributed by atoms with Crippen molar-refractivity contribution in [1.82, 2.24) is 0 Å². The van der Waals surface area contributed by atoms with Crippen molar-refractivity contribution in [3.05, 3.63) is 75.6 Å². The molecule has 3 aromatic rings. The van der Waals surface area contributed by atoms with Crippen LogP contribution >= 0.6 is 0 Å². The van der Waals surface area contributed by atoms with Crippen LogP contribution in [0.1, 0.15) is 42.5 Å². The Morgan fingerprint density at radius 2 is 1.72 bits per heavy atom. The number of amides is 1. The van der Waals surface area contributed by atoms with Gasteiger partial charge in [0.05, 0.1) is 5.39 Å². The monoisotopic (exact) mass is 393 g/mol. The zero-order valence-electron chi connectivity index (χ0n) is 16.9. The van der Waals surface area contributed by atoms with Gasteiger partial charge >= 0.3 is 5.97 Å². The van der Waals surface area contributed by atoms with E-state index in [0.717, 1.165) is 17.2 Å². The molecule has 6 nitrogen and oxygen atoms in total. The molecular formula is C23H23NO5. The zero-order valence-corrected chi connectivity index (χ0v) is 16.9. The van der Waals surface area contributed by atoms with Crippen molar-refractivity contribution < 1.29 is 18.7 Å². The lowest BCUT2D eigenvalue weighted by Gasteiger charge is -2.19. The van der Waals surface area contributed by atoms with E-state index in [1.54, 1.807) is 30.3 Å². The van der Waals surface area contributed by atoms with Gasteiger partial charge in [-0.2, -0.15) is 0 Å². The summed E-state index contributed by atoms with van der Waals surface area (Å²) in [6.45, 7) is 7.68. The van der Waals surface area contributed by atoms with E-state index in [2.05, 4.69) is 26.1 Å². The van der Waals surface area contributed by atoms with Crippen molar-refractivity contribution in [3.63, 3.8) is 0 Å². The average molecular weight is 393 g/mol. The second-order valence-corrected chi connectivity index (χ2v) is 7.93. The molecule has 2 aromatic carbocycles. The zero-order chi connectivity index (χ0) is 21.2. The normalized spacial score (nSPS) is 11.3. The molecule has 29 heavy (non-hydrogen) atoms. The predicted molar refractivity (Wildman–Crippen MR) is 111 cm³/mol. The van der Waals surface area contributed by atoms with E-state index < -0.39 is 18.5 Å². The molecule has 1 N–H and O–H groups in total. The highest BCUT2D eigenvalue weighted by Gasteiger charge is 2.16. The molecule has 0 atom stereocenters. The lowest BCUT2D eigenvalue weighted by atomic mass is 9.87. The smallest absolute Gasteiger partial charge is 0.374 e. The maximum atomic E-state index is 12.2. The third kappa shape index (κ3) is 4.90. The highest BCUT2D eigenvalue weighted by atomic mass is 16.5. The van der Waals surface area contributed by atoms with E-state index in [0.29, 0.717) is 16.7 Å². The van der Waals surface area contributed by atoms with Crippen molar-refractivity contribution in [1.29, 1.82) is 0 Å². The molecule has 1 aromatic heterocycles. The molecule has 1 amide bonds. The molecule has 3 rings (SSSR count). The largest absolute Gasteiger partial charge is 0.450 e. The van der Waals surface area contributed by atoms with Gasteiger partial charge in [0, 0.05) is 11.8 Å². The number of hydrogen-bond donors (Lipinski definition) is 1. The highest BCUT2D eigenvalue weighted by Crippen LogP contribution is 2.23. The van der Waals surface area contributed by atoms with Crippen molar-refractivity contribution in [3.8, 4) is 0 Å². The molecule has 0 aliphatic heterocycles. The molecule has 6 heteroatoms. The summed E-state index contributed by atoms with van der Waals surface area (Å²) in [6, 6.07) is 13.6. The Kier molecular flexibility index (Phi) is 5.55. The third-order valence-corrected chi connectivity index (χ3v) is 4.45. The van der Waals surface area contributed by atoms with Crippen molar-refractivity contribution in [2.24, 2.45) is 0 Å². The number of esters is 1. The van der Waals surface area contributed by atoms with Crippen LogP contribution in [0.4, 0.5) is 5.69 Å². The Balaban J connectivity index is 1.63. The van der Waals surface area contributed by atoms with E-state index in [9.17, 15) is 14.4 Å². The summed E-state index contributed by atoms with van der Waals surface area (Å²) in [4.78, 5) is 36.4. The average Bonchev–Trinajstić information content (AvgIpc) is 2.66. The van der Waals surface area contributed by atoms with E-state index in [1.807, 2.05) is 19.1 Å². The van der Waals surface area contributed by atoms with E-state index in [-0.39, 0.29) is 16.6 Å². The Bertz CT molecular complexity index is 1120. The summed E-state index contributed by atoms with van der Waals surface area (Å²) >= 11 is 0. The van der Waals surface area contributed by atoms with Gasteiger partial charge in [-0.3, -0.25) is 9.59 Å². The first-order valence-electron chi connectivity index (χ1n) is 9.25. The molecule has 0 saturated carbocycles. The van der Waals surface area contributed by atoms with Crippen LogP contribution in [-0.2, 0) is 14.9 Å². The number of carbonyl (C=O) groups is 2. The van der Waals surface area contributed by atoms with Crippen LogP contribution in [0.2, 0.25) is 0 Å². The van der Waals surface area contributed by atoms with Gasteiger partial charge in [0.25, 0.3) is 5.91 Å². The summed E-state index contributed by atoms with van der Waals surface area (Å²) in [6.07, 6.45) is 0. The molecule has 0 aliphatic rings. The van der Waals surface area contributed by atoms with Crippen LogP contribution in [0.25, 0.3) is 11.0 Å². The van der Waals surface area contributed by atoms with Gasteiger partial charge in [-0.25, -0.2) is 4.79 Å². The summed E-state index contributed by atoms with van der Waals surface area (Å²) in [5, 5.41) is 3.05. The third-order valence-electron chi connectivity index (χ3n) is 4.45. The molecule has 1 heterocycles. The van der Waals surface area contributed by atoms with Crippen LogP contribution in [0.5, 0.6) is 0 Å². The van der Waals surface area contributed by atoms with Gasteiger partial charge in [0.1, 0.15) is 5.58 Å². The number of ether oxygens (including phenoxy) is 1. The SMILES string of the molecule is Cc1ccc2oc(C(=O)OCC(=O)Nc3ccc(C(C)(C)C)cc3)cc(=O)c2c1. The number of rotatable bonds is 4. The minimum Gasteiger partial charge on any atom is -0.450 e. The maximum absolute atomic E-state index is 12.2. The van der Waals surface area contributed by atoms with Crippen molar-refractivity contribution in [2.45, 2.75) is 33.1 Å². The fraction of sp³-hybridized carbons (Fsp3) is 0.261. The summed E-state index contributed by atoms with van der Waals surface area (Å²) < 4.78 is 10.4. The standard InChI is InChI=1S/C23H23NO5/c1-14-5-10-19-17(11-14)18(25)12-20(29-19)22(27)28-13-21(26)24-16-8-6-15(7-9-16)23(2,3)4/h5-12H,13H2,1-4H3,(H,24,26). The quantitative estimate of drug-likeness (QED) is 0.672. The van der Waals surface area contributed by atoms with Crippen molar-refractivity contribution in [2.75, 3.05) is 11.9 Å². The van der Waals surface area contributed by atoms with Gasteiger partial charge in [-0.1, -0.05) is 44.5 Å². The van der Waals surface area contributed by atoms with Crippen LogP contribution in [0.15, 0.2) is 57.7 Å². The van der Waals surface area contributed by atoms with E-state index >= 15 is 0 Å². The first kappa shape index (κ1) is 20.3. The number of benzene rings is 2. The van der Waals surface area contributed by atoms with Gasteiger partial charge in [-0.15, -0.1) is 0 Å². The predicted octanol–water partition coefficient (Wildman–Crippen LogP) is 4.19. The van der Waals surface area contributed by atoms with Gasteiger partial charge in [0.15, 0.2) is 12.0 Å². The molecule has 0 unspecified atom stereocenters. The van der Waals surface area contributed by atoms with Crippen LogP contribution in [-0.4, -0.2) is 18.5 Å². The first-order chi connectivity index (χ1) is 13.6. The summed E-state index contributed by atoms with van der Waals surface area (Å²) in [5.41, 5.74) is 2.62. The molecule has 0 radical (unpaired) electrons. The molecule has 0 aliphatic carbocycles. The molecule has 150 valence electrons. The molecule has 0 spiro atoms. The number of fused-ring (bicyclic) bond motifs is 1. The fourth-order valence-corrected chi connectivity index (χ4v) is 2.82. The molecular weight excluding hydrogens is 370 g/mol. The lowest BCUT2D eigenvalue weighted by Crippen LogP contribution is -2.21. The van der Waals surface area contributed by atoms with Crippen LogP contribution in [0.3, 0.4) is 0 Å². The summed E-state index contributed by atoms with van der Waals surface area (Å²) in [7, 11) is 0. The second kappa shape index (κ2) is 7.91. The molecule has 0 fully saturated rings. The minimum atomic E-state index is -0.872. The molecule has 0 bridgehead atoms. The minimum absolute atomic E-state index is 0.0144. The number of aryl methyl sites for hydroxylation is 1. The van der Waals surface area contributed by atoms with Gasteiger partial charge < -0.3 is 14.5 Å². The van der Waals surface area contributed by atoms with Crippen LogP contribution < -0.4 is 10.7 Å². The number of nitrogens with one attached hydrogen (secondary N) is 1. The number of carbonyl (C=O) groups excluding carboxylic acids is 2. The molecule has 0 saturated heterocycles. The van der Waals surface area contributed by atoms with E-state index in [1.165, 1.54) is 0 Å². The Morgan fingerprint density at radius 3 is 2.38 bits per heavy atom. The Morgan fingerprint density at radius 1 is 1.03 bits per heavy atom.